The highest BCUT2D eigenvalue weighted by atomic mass is 127. The lowest BCUT2D eigenvalue weighted by Crippen LogP contribution is -2.02. The summed E-state index contributed by atoms with van der Waals surface area (Å²) < 4.78 is 7.20. The highest BCUT2D eigenvalue weighted by Crippen LogP contribution is 2.32. The van der Waals surface area contributed by atoms with Crippen molar-refractivity contribution in [2.45, 2.75) is 12.8 Å². The van der Waals surface area contributed by atoms with Crippen molar-refractivity contribution in [1.29, 1.82) is 0 Å². The summed E-state index contributed by atoms with van der Waals surface area (Å²) in [4.78, 5) is 4.78. The maximum atomic E-state index is 4.78. The largest absolute Gasteiger partial charge is 0.316 e. The number of aromatic nitrogens is 3. The molecule has 0 radical (unpaired) electrons. The SMILES string of the molecule is Cn1c2c(n3c4cc(I)ccc4nc13)C=C(I)CC2. The van der Waals surface area contributed by atoms with E-state index in [9.17, 15) is 0 Å². The second kappa shape index (κ2) is 4.21. The molecule has 0 fully saturated rings. The van der Waals surface area contributed by atoms with Crippen molar-refractivity contribution in [3.8, 4) is 0 Å². The molecule has 0 unspecified atom stereocenters. The molecule has 19 heavy (non-hydrogen) atoms. The van der Waals surface area contributed by atoms with Crippen LogP contribution in [0.25, 0.3) is 22.9 Å². The molecule has 1 aliphatic rings. The van der Waals surface area contributed by atoms with Gasteiger partial charge in [-0.25, -0.2) is 4.98 Å². The number of nitrogens with zero attached hydrogens (tertiary/aromatic N) is 3. The van der Waals surface area contributed by atoms with Gasteiger partial charge in [-0.2, -0.15) is 0 Å². The van der Waals surface area contributed by atoms with Gasteiger partial charge in [0.1, 0.15) is 0 Å². The number of aryl methyl sites for hydroxylation is 1. The van der Waals surface area contributed by atoms with Gasteiger partial charge in [0.2, 0.25) is 5.78 Å². The number of hydrogen-bond acceptors (Lipinski definition) is 1. The molecule has 0 atom stereocenters. The van der Waals surface area contributed by atoms with Crippen LogP contribution in [0, 0.1) is 3.57 Å². The Bertz CT molecular complexity index is 855. The van der Waals surface area contributed by atoms with E-state index in [4.69, 9.17) is 4.98 Å². The lowest BCUT2D eigenvalue weighted by molar-refractivity contribution is 0.816. The van der Waals surface area contributed by atoms with Crippen molar-refractivity contribution < 1.29 is 0 Å². The first kappa shape index (κ1) is 12.2. The van der Waals surface area contributed by atoms with Crippen molar-refractivity contribution in [1.82, 2.24) is 14.0 Å². The Morgan fingerprint density at radius 3 is 2.89 bits per heavy atom. The van der Waals surface area contributed by atoms with E-state index in [0.717, 1.165) is 24.1 Å². The highest BCUT2D eigenvalue weighted by Gasteiger charge is 2.20. The number of halogens is 2. The van der Waals surface area contributed by atoms with E-state index >= 15 is 0 Å². The first-order chi connectivity index (χ1) is 9.15. The fraction of sp³-hybridized carbons (Fsp3) is 0.214. The Labute approximate surface area is 138 Å². The van der Waals surface area contributed by atoms with E-state index < -0.39 is 0 Å². The standard InChI is InChI=1S/C14H11I2N3/c1-18-11-5-3-9(16)7-13(11)19-12-6-8(15)2-4-10(12)17-14(18)19/h2,4,6-7H,3,5H2,1H3. The molecule has 3 aromatic rings. The van der Waals surface area contributed by atoms with Crippen molar-refractivity contribution in [2.24, 2.45) is 7.05 Å². The number of imidazole rings is 2. The summed E-state index contributed by atoms with van der Waals surface area (Å²) in [7, 11) is 2.12. The number of hydrogen-bond donors (Lipinski definition) is 0. The molecule has 0 saturated carbocycles. The Kier molecular flexibility index (Phi) is 2.70. The molecule has 0 spiro atoms. The third kappa shape index (κ3) is 1.70. The maximum absolute atomic E-state index is 4.78. The first-order valence-electron chi connectivity index (χ1n) is 6.16. The Morgan fingerprint density at radius 1 is 1.21 bits per heavy atom. The molecule has 3 nitrogen and oxygen atoms in total. The summed E-state index contributed by atoms with van der Waals surface area (Å²) in [6.07, 6.45) is 4.55. The summed E-state index contributed by atoms with van der Waals surface area (Å²) in [5.41, 5.74) is 4.98. The number of benzene rings is 1. The van der Waals surface area contributed by atoms with E-state index in [1.165, 1.54) is 24.1 Å². The molecule has 4 rings (SSSR count). The molecule has 2 aromatic heterocycles. The van der Waals surface area contributed by atoms with Crippen LogP contribution < -0.4 is 0 Å². The number of fused-ring (bicyclic) bond motifs is 5. The normalized spacial score (nSPS) is 15.0. The summed E-state index contributed by atoms with van der Waals surface area (Å²) in [5.74, 6) is 1.05. The summed E-state index contributed by atoms with van der Waals surface area (Å²) >= 11 is 4.80. The smallest absolute Gasteiger partial charge is 0.215 e. The van der Waals surface area contributed by atoms with Crippen molar-refractivity contribution in [3.05, 3.63) is 36.7 Å². The maximum Gasteiger partial charge on any atom is 0.215 e. The van der Waals surface area contributed by atoms with Crippen molar-refractivity contribution >= 4 is 68.1 Å². The molecule has 1 aromatic carbocycles. The minimum atomic E-state index is 1.05. The minimum Gasteiger partial charge on any atom is -0.316 e. The molecule has 0 bridgehead atoms. The lowest BCUT2D eigenvalue weighted by atomic mass is 10.1. The Hall–Kier alpha value is -0.570. The van der Waals surface area contributed by atoms with Gasteiger partial charge >= 0.3 is 0 Å². The fourth-order valence-corrected chi connectivity index (χ4v) is 3.86. The molecule has 0 N–H and O–H groups in total. The van der Waals surface area contributed by atoms with Gasteiger partial charge < -0.3 is 4.57 Å². The van der Waals surface area contributed by atoms with Crippen LogP contribution in [0.2, 0.25) is 0 Å². The van der Waals surface area contributed by atoms with Crippen LogP contribution in [0.1, 0.15) is 17.8 Å². The molecule has 0 aliphatic heterocycles. The van der Waals surface area contributed by atoms with Gasteiger partial charge in [0, 0.05) is 16.3 Å². The van der Waals surface area contributed by atoms with E-state index in [-0.39, 0.29) is 0 Å². The highest BCUT2D eigenvalue weighted by molar-refractivity contribution is 14.1. The molecular formula is C14H11I2N3. The van der Waals surface area contributed by atoms with Crippen LogP contribution in [0.5, 0.6) is 0 Å². The molecular weight excluding hydrogens is 464 g/mol. The van der Waals surface area contributed by atoms with Gasteiger partial charge in [-0.3, -0.25) is 4.40 Å². The van der Waals surface area contributed by atoms with Crippen molar-refractivity contribution in [3.63, 3.8) is 0 Å². The number of allylic oxidation sites excluding steroid dienone is 1. The van der Waals surface area contributed by atoms with Gasteiger partial charge in [-0.15, -0.1) is 0 Å². The Morgan fingerprint density at radius 2 is 2.05 bits per heavy atom. The van der Waals surface area contributed by atoms with E-state index in [2.05, 4.69) is 85.5 Å². The molecule has 2 heterocycles. The van der Waals surface area contributed by atoms with Crippen LogP contribution >= 0.6 is 45.2 Å². The van der Waals surface area contributed by atoms with E-state index in [1.54, 1.807) is 0 Å². The van der Waals surface area contributed by atoms with Gasteiger partial charge in [0.05, 0.1) is 16.7 Å². The summed E-state index contributed by atoms with van der Waals surface area (Å²) in [5, 5.41) is 0. The molecule has 1 aliphatic carbocycles. The second-order valence-corrected chi connectivity index (χ2v) is 7.49. The van der Waals surface area contributed by atoms with Crippen LogP contribution in [0.4, 0.5) is 0 Å². The molecule has 96 valence electrons. The molecule has 5 heteroatoms. The predicted molar refractivity (Wildman–Crippen MR) is 94.7 cm³/mol. The average molecular weight is 475 g/mol. The van der Waals surface area contributed by atoms with E-state index in [0.29, 0.717) is 0 Å². The third-order valence-electron chi connectivity index (χ3n) is 3.73. The monoisotopic (exact) mass is 475 g/mol. The summed E-state index contributed by atoms with van der Waals surface area (Å²) in [6.45, 7) is 0. The zero-order valence-corrected chi connectivity index (χ0v) is 14.6. The summed E-state index contributed by atoms with van der Waals surface area (Å²) in [6, 6.07) is 6.43. The Balaban J connectivity index is 2.22. The third-order valence-corrected chi connectivity index (χ3v) is 5.26. The lowest BCUT2D eigenvalue weighted by Gasteiger charge is -2.10. The number of rotatable bonds is 0. The van der Waals surface area contributed by atoms with Crippen LogP contribution in [-0.4, -0.2) is 14.0 Å². The van der Waals surface area contributed by atoms with Crippen LogP contribution in [-0.2, 0) is 13.5 Å². The topological polar surface area (TPSA) is 22.2 Å². The van der Waals surface area contributed by atoms with Gasteiger partial charge in [-0.05, 0) is 85.9 Å². The quantitative estimate of drug-likeness (QED) is 0.449. The second-order valence-electron chi connectivity index (χ2n) is 4.86. The molecule has 0 amide bonds. The predicted octanol–water partition coefficient (Wildman–Crippen LogP) is 4.15. The zero-order chi connectivity index (χ0) is 13.1. The minimum absolute atomic E-state index is 1.05. The van der Waals surface area contributed by atoms with Gasteiger partial charge in [-0.1, -0.05) is 0 Å². The van der Waals surface area contributed by atoms with E-state index in [1.807, 2.05) is 0 Å². The zero-order valence-electron chi connectivity index (χ0n) is 10.3. The van der Waals surface area contributed by atoms with Gasteiger partial charge in [0.25, 0.3) is 0 Å². The average Bonchev–Trinajstić information content (AvgIpc) is 2.87. The first-order valence-corrected chi connectivity index (χ1v) is 8.32. The van der Waals surface area contributed by atoms with Crippen molar-refractivity contribution in [2.75, 3.05) is 0 Å². The van der Waals surface area contributed by atoms with Crippen LogP contribution in [0.3, 0.4) is 0 Å². The van der Waals surface area contributed by atoms with Gasteiger partial charge in [0.15, 0.2) is 0 Å². The molecule has 0 saturated heterocycles. The van der Waals surface area contributed by atoms with Crippen LogP contribution in [0.15, 0.2) is 21.8 Å². The fourth-order valence-electron chi connectivity index (χ4n) is 2.82.